The number of rotatable bonds is 4. The Morgan fingerprint density at radius 1 is 1.09 bits per heavy atom. The number of methoxy groups -OCH3 is 1. The molecule has 2 aromatic rings. The molecule has 0 bridgehead atoms. The first kappa shape index (κ1) is 16.0. The van der Waals surface area contributed by atoms with Crippen LogP contribution in [-0.4, -0.2) is 13.1 Å². The van der Waals surface area contributed by atoms with Crippen LogP contribution in [0.15, 0.2) is 42.5 Å². The Kier molecular flexibility index (Phi) is 4.37. The predicted molar refractivity (Wildman–Crippen MR) is 92.5 cm³/mol. The van der Waals surface area contributed by atoms with Gasteiger partial charge in [0.25, 0.3) is 0 Å². The Morgan fingerprint density at radius 3 is 2.35 bits per heavy atom. The molecule has 0 aromatic heterocycles. The average molecular weight is 351 g/mol. The van der Waals surface area contributed by atoms with E-state index < -0.39 is 0 Å². The van der Waals surface area contributed by atoms with E-state index in [-0.39, 0.29) is 11.6 Å². The maximum Gasteiger partial charge on any atom is 0.320 e. The van der Waals surface area contributed by atoms with Gasteiger partial charge in [0.05, 0.1) is 18.3 Å². The molecule has 0 unspecified atom stereocenters. The Morgan fingerprint density at radius 2 is 1.74 bits per heavy atom. The lowest BCUT2D eigenvalue weighted by atomic mass is 10.1. The SMILES string of the molecule is COc1ccc(Cl)cc1NC(=O)NC1(c2ccc(Cl)cc2)CC1. The van der Waals surface area contributed by atoms with Gasteiger partial charge in [-0.2, -0.15) is 0 Å². The molecule has 2 N–H and O–H groups in total. The minimum atomic E-state index is -0.319. The highest BCUT2D eigenvalue weighted by molar-refractivity contribution is 6.31. The number of urea groups is 1. The molecule has 0 radical (unpaired) electrons. The van der Waals surface area contributed by atoms with Crippen LogP contribution in [0.4, 0.5) is 10.5 Å². The summed E-state index contributed by atoms with van der Waals surface area (Å²) in [7, 11) is 1.54. The standard InChI is InChI=1S/C17H16Cl2N2O2/c1-23-15-7-6-13(19)10-14(15)20-16(22)21-17(8-9-17)11-2-4-12(18)5-3-11/h2-7,10H,8-9H2,1H3,(H2,20,21,22). The summed E-state index contributed by atoms with van der Waals surface area (Å²) in [5, 5.41) is 7.03. The van der Waals surface area contributed by atoms with Crippen LogP contribution < -0.4 is 15.4 Å². The average Bonchev–Trinajstić information content (AvgIpc) is 3.28. The smallest absolute Gasteiger partial charge is 0.320 e. The van der Waals surface area contributed by atoms with Gasteiger partial charge in [-0.25, -0.2) is 4.79 Å². The van der Waals surface area contributed by atoms with Gasteiger partial charge in [0.15, 0.2) is 0 Å². The second-order valence-corrected chi connectivity index (χ2v) is 6.39. The molecule has 2 aromatic carbocycles. The summed E-state index contributed by atoms with van der Waals surface area (Å²) in [4.78, 5) is 12.3. The molecule has 3 rings (SSSR count). The zero-order valence-electron chi connectivity index (χ0n) is 12.5. The van der Waals surface area contributed by atoms with Gasteiger partial charge < -0.3 is 15.4 Å². The number of amides is 2. The second-order valence-electron chi connectivity index (χ2n) is 5.51. The maximum absolute atomic E-state index is 12.3. The van der Waals surface area contributed by atoms with E-state index >= 15 is 0 Å². The van der Waals surface area contributed by atoms with Crippen molar-refractivity contribution in [1.29, 1.82) is 0 Å². The molecule has 1 aliphatic carbocycles. The zero-order valence-corrected chi connectivity index (χ0v) is 14.0. The molecule has 120 valence electrons. The molecular weight excluding hydrogens is 335 g/mol. The van der Waals surface area contributed by atoms with Crippen LogP contribution in [0, 0.1) is 0 Å². The molecule has 0 aliphatic heterocycles. The van der Waals surface area contributed by atoms with Gasteiger partial charge in [-0.15, -0.1) is 0 Å². The summed E-state index contributed by atoms with van der Waals surface area (Å²) in [6.07, 6.45) is 1.80. The van der Waals surface area contributed by atoms with E-state index in [2.05, 4.69) is 10.6 Å². The Hall–Kier alpha value is -1.91. The molecule has 4 nitrogen and oxygen atoms in total. The highest BCUT2D eigenvalue weighted by atomic mass is 35.5. The predicted octanol–water partition coefficient (Wildman–Crippen LogP) is 4.81. The number of halogens is 2. The third kappa shape index (κ3) is 3.54. The van der Waals surface area contributed by atoms with Gasteiger partial charge in [-0.3, -0.25) is 0 Å². The first-order chi connectivity index (χ1) is 11.0. The van der Waals surface area contributed by atoms with Gasteiger partial charge in [0.2, 0.25) is 0 Å². The number of carbonyl (C=O) groups excluding carboxylic acids is 1. The number of hydrogen-bond donors (Lipinski definition) is 2. The first-order valence-electron chi connectivity index (χ1n) is 7.21. The van der Waals surface area contributed by atoms with Crippen LogP contribution in [0.5, 0.6) is 5.75 Å². The third-order valence-corrected chi connectivity index (χ3v) is 4.40. The number of anilines is 1. The van der Waals surface area contributed by atoms with Crippen LogP contribution in [0.25, 0.3) is 0 Å². The molecule has 0 saturated heterocycles. The fraction of sp³-hybridized carbons (Fsp3) is 0.235. The highest BCUT2D eigenvalue weighted by Crippen LogP contribution is 2.45. The van der Waals surface area contributed by atoms with Crippen molar-refractivity contribution >= 4 is 34.9 Å². The zero-order chi connectivity index (χ0) is 16.4. The second kappa shape index (κ2) is 6.30. The summed E-state index contributed by atoms with van der Waals surface area (Å²) in [6, 6.07) is 12.3. The van der Waals surface area contributed by atoms with Crippen molar-refractivity contribution in [3.05, 3.63) is 58.1 Å². The summed E-state index contributed by atoms with van der Waals surface area (Å²) in [5.74, 6) is 0.556. The number of benzene rings is 2. The van der Waals surface area contributed by atoms with Crippen LogP contribution >= 0.6 is 23.2 Å². The molecule has 23 heavy (non-hydrogen) atoms. The molecule has 0 atom stereocenters. The van der Waals surface area contributed by atoms with Crippen molar-refractivity contribution in [2.45, 2.75) is 18.4 Å². The summed E-state index contributed by atoms with van der Waals surface area (Å²) in [5.41, 5.74) is 1.26. The van der Waals surface area contributed by atoms with Crippen LogP contribution in [0.1, 0.15) is 18.4 Å². The number of nitrogens with one attached hydrogen (secondary N) is 2. The lowest BCUT2D eigenvalue weighted by molar-refractivity contribution is 0.247. The van der Waals surface area contributed by atoms with E-state index in [0.29, 0.717) is 21.5 Å². The van der Waals surface area contributed by atoms with E-state index in [1.54, 1.807) is 25.3 Å². The molecular formula is C17H16Cl2N2O2. The van der Waals surface area contributed by atoms with Gasteiger partial charge in [0.1, 0.15) is 5.75 Å². The Bertz CT molecular complexity index is 728. The quantitative estimate of drug-likeness (QED) is 0.830. The normalized spacial score (nSPS) is 14.9. The largest absolute Gasteiger partial charge is 0.495 e. The van der Waals surface area contributed by atoms with Crippen molar-refractivity contribution in [3.63, 3.8) is 0 Å². The Labute approximate surface area is 144 Å². The summed E-state index contributed by atoms with van der Waals surface area (Å²) >= 11 is 11.9. The monoisotopic (exact) mass is 350 g/mol. The topological polar surface area (TPSA) is 50.4 Å². The fourth-order valence-electron chi connectivity index (χ4n) is 2.53. The van der Waals surface area contributed by atoms with E-state index in [0.717, 1.165) is 18.4 Å². The lowest BCUT2D eigenvalue weighted by Gasteiger charge is -2.19. The van der Waals surface area contributed by atoms with E-state index in [1.165, 1.54) is 0 Å². The molecule has 0 spiro atoms. The molecule has 0 heterocycles. The van der Waals surface area contributed by atoms with Gasteiger partial charge in [-0.1, -0.05) is 35.3 Å². The van der Waals surface area contributed by atoms with Gasteiger partial charge in [0, 0.05) is 10.0 Å². The minimum absolute atomic E-state index is 0.294. The van der Waals surface area contributed by atoms with Crippen LogP contribution in [0.3, 0.4) is 0 Å². The summed E-state index contributed by atoms with van der Waals surface area (Å²) < 4.78 is 5.23. The van der Waals surface area contributed by atoms with Gasteiger partial charge >= 0.3 is 6.03 Å². The van der Waals surface area contributed by atoms with E-state index in [1.807, 2.05) is 24.3 Å². The minimum Gasteiger partial charge on any atom is -0.495 e. The fourth-order valence-corrected chi connectivity index (χ4v) is 2.83. The molecule has 1 saturated carbocycles. The van der Waals surface area contributed by atoms with Crippen molar-refractivity contribution in [2.24, 2.45) is 0 Å². The number of hydrogen-bond acceptors (Lipinski definition) is 2. The number of carbonyl (C=O) groups is 1. The van der Waals surface area contributed by atoms with Crippen molar-refractivity contribution in [1.82, 2.24) is 5.32 Å². The van der Waals surface area contributed by atoms with Crippen LogP contribution in [-0.2, 0) is 5.54 Å². The molecule has 1 aliphatic rings. The summed E-state index contributed by atoms with van der Waals surface area (Å²) in [6.45, 7) is 0. The van der Waals surface area contributed by atoms with Gasteiger partial charge in [-0.05, 0) is 48.7 Å². The van der Waals surface area contributed by atoms with Crippen molar-refractivity contribution < 1.29 is 9.53 Å². The van der Waals surface area contributed by atoms with E-state index in [4.69, 9.17) is 27.9 Å². The lowest BCUT2D eigenvalue weighted by Crippen LogP contribution is -2.38. The number of ether oxygens (including phenoxy) is 1. The van der Waals surface area contributed by atoms with Crippen LogP contribution in [0.2, 0.25) is 10.0 Å². The first-order valence-corrected chi connectivity index (χ1v) is 7.97. The molecule has 1 fully saturated rings. The van der Waals surface area contributed by atoms with E-state index in [9.17, 15) is 4.79 Å². The third-order valence-electron chi connectivity index (χ3n) is 3.91. The van der Waals surface area contributed by atoms with Crippen molar-refractivity contribution in [3.8, 4) is 5.75 Å². The van der Waals surface area contributed by atoms with Crippen molar-refractivity contribution in [2.75, 3.05) is 12.4 Å². The Balaban J connectivity index is 1.73. The molecule has 2 amide bonds. The molecule has 6 heteroatoms. The highest BCUT2D eigenvalue weighted by Gasteiger charge is 2.45. The maximum atomic E-state index is 12.3.